The third-order valence-corrected chi connectivity index (χ3v) is 8.25. The Bertz CT molecular complexity index is 1360. The summed E-state index contributed by atoms with van der Waals surface area (Å²) < 4.78 is 80.0. The molecule has 2 aromatic carbocycles. The molecule has 5 rings (SSSR count). The van der Waals surface area contributed by atoms with Crippen LogP contribution >= 0.6 is 22.6 Å². The fourth-order valence-electron chi connectivity index (χ4n) is 5.16. The number of carbonyl (C=O) groups is 3. The van der Waals surface area contributed by atoms with E-state index in [1.54, 1.807) is 24.3 Å². The summed E-state index contributed by atoms with van der Waals surface area (Å²) in [6.07, 6.45) is -2.47. The van der Waals surface area contributed by atoms with E-state index in [-0.39, 0.29) is 12.2 Å². The highest BCUT2D eigenvalue weighted by atomic mass is 127. The Hall–Kier alpha value is -2.85. The summed E-state index contributed by atoms with van der Waals surface area (Å²) in [5.41, 5.74) is 0. The van der Waals surface area contributed by atoms with Crippen molar-refractivity contribution in [2.24, 2.45) is 23.7 Å². The molecule has 3 aliphatic rings. The molecule has 14 heteroatoms. The summed E-state index contributed by atoms with van der Waals surface area (Å²) in [6, 6.07) is 13.4. The van der Waals surface area contributed by atoms with Crippen LogP contribution in [0.2, 0.25) is 0 Å². The van der Waals surface area contributed by atoms with Crippen LogP contribution in [0.15, 0.2) is 48.5 Å². The third-order valence-electron chi connectivity index (χ3n) is 6.71. The molecule has 37 heavy (non-hydrogen) atoms. The monoisotopic (exact) mass is 650 g/mol. The van der Waals surface area contributed by atoms with Crippen LogP contribution in [0.5, 0.6) is 17.2 Å². The molecule has 0 radical (unpaired) electrons. The zero-order chi connectivity index (χ0) is 26.7. The minimum atomic E-state index is -6.09. The summed E-state index contributed by atoms with van der Waals surface area (Å²) in [5.74, 6) is -6.57. The van der Waals surface area contributed by atoms with Crippen molar-refractivity contribution < 1.29 is 55.1 Å². The second kappa shape index (κ2) is 9.16. The molecule has 1 N–H and O–H groups in total. The molecule has 1 heterocycles. The van der Waals surface area contributed by atoms with Crippen molar-refractivity contribution >= 4 is 50.6 Å². The van der Waals surface area contributed by atoms with E-state index < -0.39 is 69.2 Å². The van der Waals surface area contributed by atoms with Gasteiger partial charge in [0.15, 0.2) is 0 Å². The van der Waals surface area contributed by atoms with Crippen molar-refractivity contribution in [2.75, 3.05) is 0 Å². The van der Waals surface area contributed by atoms with Crippen molar-refractivity contribution in [3.8, 4) is 17.2 Å². The van der Waals surface area contributed by atoms with Crippen molar-refractivity contribution in [2.45, 2.75) is 23.9 Å². The fourth-order valence-corrected chi connectivity index (χ4v) is 5.78. The lowest BCUT2D eigenvalue weighted by molar-refractivity contribution is -0.178. The predicted octanol–water partition coefficient (Wildman–Crippen LogP) is 3.19. The molecule has 10 nitrogen and oxygen atoms in total. The van der Waals surface area contributed by atoms with E-state index in [4.69, 9.17) is 23.5 Å². The van der Waals surface area contributed by atoms with Crippen LogP contribution in [0, 0.1) is 27.2 Å². The van der Waals surface area contributed by atoms with E-state index in [0.29, 0.717) is 11.5 Å². The maximum atomic E-state index is 13.7. The average molecular weight is 650 g/mol. The van der Waals surface area contributed by atoms with Gasteiger partial charge in [-0.05, 0) is 77.5 Å². The van der Waals surface area contributed by atoms with Gasteiger partial charge in [-0.2, -0.15) is 17.2 Å². The second-order valence-corrected chi connectivity index (χ2v) is 11.5. The summed E-state index contributed by atoms with van der Waals surface area (Å²) in [5, 5.41) is -5.23. The standard InChI is InChI=1S/C23H17F2IO10S/c24-23(25,37(30,31)32)22(29)36-19-15-9-14-17(21(28)35-18(14)19)16(15)20(27)34-13-7-5-12(6-8-13)33-11-3-1-10(26)2-4-11/h1-8,14-19H,9H2,(H,30,31,32). The third kappa shape index (κ3) is 4.54. The number of hydrogen-bond donors (Lipinski definition) is 1. The molecule has 196 valence electrons. The first-order chi connectivity index (χ1) is 17.4. The Balaban J connectivity index is 1.29. The Kier molecular flexibility index (Phi) is 6.39. The van der Waals surface area contributed by atoms with Crippen molar-refractivity contribution in [3.63, 3.8) is 0 Å². The van der Waals surface area contributed by atoms with E-state index in [9.17, 15) is 31.6 Å². The van der Waals surface area contributed by atoms with Crippen molar-refractivity contribution in [3.05, 3.63) is 52.1 Å². The minimum Gasteiger partial charge on any atom is -0.458 e. The normalized spacial score (nSPS) is 28.1. The van der Waals surface area contributed by atoms with E-state index in [2.05, 4.69) is 22.6 Å². The highest BCUT2D eigenvalue weighted by Crippen LogP contribution is 2.59. The summed E-state index contributed by atoms with van der Waals surface area (Å²) in [4.78, 5) is 37.3. The fraction of sp³-hybridized carbons (Fsp3) is 0.348. The van der Waals surface area contributed by atoms with Crippen LogP contribution in [-0.2, 0) is 34.0 Å². The Labute approximate surface area is 222 Å². The van der Waals surface area contributed by atoms with Gasteiger partial charge in [0.2, 0.25) is 0 Å². The molecular weight excluding hydrogens is 633 g/mol. The Morgan fingerprint density at radius 3 is 2.16 bits per heavy atom. The van der Waals surface area contributed by atoms with Crippen molar-refractivity contribution in [1.82, 2.24) is 0 Å². The quantitative estimate of drug-likeness (QED) is 0.206. The first-order valence-electron chi connectivity index (χ1n) is 10.9. The van der Waals surface area contributed by atoms with Gasteiger partial charge in [-0.3, -0.25) is 14.1 Å². The van der Waals surface area contributed by atoms with E-state index in [1.165, 1.54) is 12.1 Å². The first-order valence-corrected chi connectivity index (χ1v) is 13.4. The van der Waals surface area contributed by atoms with Gasteiger partial charge in [-0.25, -0.2) is 4.79 Å². The van der Waals surface area contributed by atoms with Crippen LogP contribution < -0.4 is 9.47 Å². The molecule has 6 unspecified atom stereocenters. The van der Waals surface area contributed by atoms with Gasteiger partial charge >= 0.3 is 33.3 Å². The lowest BCUT2D eigenvalue weighted by Crippen LogP contribution is -2.48. The number of esters is 3. The molecular formula is C23H17F2IO10S. The maximum Gasteiger partial charge on any atom is 0.465 e. The summed E-state index contributed by atoms with van der Waals surface area (Å²) in [7, 11) is -6.09. The molecule has 0 amide bonds. The molecule has 0 spiro atoms. The zero-order valence-corrected chi connectivity index (χ0v) is 21.4. The van der Waals surface area contributed by atoms with E-state index in [1.807, 2.05) is 12.1 Å². The van der Waals surface area contributed by atoms with E-state index in [0.717, 1.165) is 3.57 Å². The molecule has 2 aromatic rings. The number of benzene rings is 2. The largest absolute Gasteiger partial charge is 0.465 e. The van der Waals surface area contributed by atoms with Gasteiger partial charge in [-0.1, -0.05) is 0 Å². The number of rotatable bonds is 7. The molecule has 0 aromatic heterocycles. The van der Waals surface area contributed by atoms with Crippen LogP contribution in [0.25, 0.3) is 0 Å². The molecule has 2 saturated carbocycles. The molecule has 6 atom stereocenters. The topological polar surface area (TPSA) is 142 Å². The predicted molar refractivity (Wildman–Crippen MR) is 126 cm³/mol. The lowest BCUT2D eigenvalue weighted by Gasteiger charge is -2.30. The van der Waals surface area contributed by atoms with Crippen LogP contribution in [-0.4, -0.2) is 48.3 Å². The second-order valence-electron chi connectivity index (χ2n) is 8.83. The minimum absolute atomic E-state index is 0.122. The summed E-state index contributed by atoms with van der Waals surface area (Å²) in [6.45, 7) is 0. The zero-order valence-electron chi connectivity index (χ0n) is 18.5. The van der Waals surface area contributed by atoms with Crippen molar-refractivity contribution in [1.29, 1.82) is 0 Å². The molecule has 2 aliphatic carbocycles. The molecule has 1 saturated heterocycles. The SMILES string of the molecule is O=C1OC2C3CC(C2OC(=O)C(F)(F)S(=O)(=O)O)C(C(=O)Oc2ccc(Oc4ccc(I)cc4)cc2)C13. The highest BCUT2D eigenvalue weighted by Gasteiger charge is 2.71. The number of hydrogen-bond acceptors (Lipinski definition) is 9. The smallest absolute Gasteiger partial charge is 0.458 e. The lowest BCUT2D eigenvalue weighted by atomic mass is 9.78. The van der Waals surface area contributed by atoms with Gasteiger partial charge in [-0.15, -0.1) is 0 Å². The van der Waals surface area contributed by atoms with Crippen LogP contribution in [0.4, 0.5) is 8.78 Å². The summed E-state index contributed by atoms with van der Waals surface area (Å²) >= 11 is 2.16. The van der Waals surface area contributed by atoms with Crippen LogP contribution in [0.1, 0.15) is 6.42 Å². The molecule has 1 aliphatic heterocycles. The maximum absolute atomic E-state index is 13.7. The van der Waals surface area contributed by atoms with Gasteiger partial charge in [0.25, 0.3) is 0 Å². The van der Waals surface area contributed by atoms with Gasteiger partial charge in [0.1, 0.15) is 29.5 Å². The number of ether oxygens (including phenoxy) is 4. The Morgan fingerprint density at radius 1 is 1.00 bits per heavy atom. The molecule has 2 bridgehead atoms. The number of carbonyl (C=O) groups excluding carboxylic acids is 3. The average Bonchev–Trinajstić information content (AvgIpc) is 3.45. The number of halogens is 3. The van der Waals surface area contributed by atoms with E-state index >= 15 is 0 Å². The van der Waals surface area contributed by atoms with Crippen LogP contribution in [0.3, 0.4) is 0 Å². The number of fused-ring (bicyclic) bond motifs is 1. The first kappa shape index (κ1) is 25.8. The molecule has 3 fully saturated rings. The van der Waals surface area contributed by atoms with Gasteiger partial charge in [0, 0.05) is 15.4 Å². The Morgan fingerprint density at radius 2 is 1.57 bits per heavy atom. The van der Waals surface area contributed by atoms with Gasteiger partial charge < -0.3 is 18.9 Å². The number of alkyl halides is 2. The van der Waals surface area contributed by atoms with Gasteiger partial charge in [0.05, 0.1) is 11.8 Å². The highest BCUT2D eigenvalue weighted by molar-refractivity contribution is 14.1.